The zero-order valence-corrected chi connectivity index (χ0v) is 17.0. The number of nitrogens with one attached hydrogen (secondary N) is 1. The lowest BCUT2D eigenvalue weighted by molar-refractivity contribution is -0.111. The SMILES string of the molecule is COc1cc(C=CC(=O)Nc2c(C)cccc2C(C)C)ccc1OC(C)C. The predicted molar refractivity (Wildman–Crippen MR) is 112 cm³/mol. The summed E-state index contributed by atoms with van der Waals surface area (Å²) in [5, 5.41) is 3.01. The van der Waals surface area contributed by atoms with Crippen LogP contribution in [0, 0.1) is 6.92 Å². The predicted octanol–water partition coefficient (Wildman–Crippen LogP) is 5.57. The fourth-order valence-corrected chi connectivity index (χ4v) is 2.82. The lowest BCUT2D eigenvalue weighted by Crippen LogP contribution is -2.11. The molecule has 2 aromatic rings. The molecular formula is C23H29NO3. The van der Waals surface area contributed by atoms with Crippen molar-refractivity contribution in [3.8, 4) is 11.5 Å². The van der Waals surface area contributed by atoms with Crippen LogP contribution in [0.1, 0.15) is 50.3 Å². The van der Waals surface area contributed by atoms with Gasteiger partial charge in [-0.05, 0) is 61.6 Å². The van der Waals surface area contributed by atoms with E-state index in [4.69, 9.17) is 9.47 Å². The minimum atomic E-state index is -0.160. The van der Waals surface area contributed by atoms with Crippen molar-refractivity contribution in [1.82, 2.24) is 0 Å². The molecule has 0 aliphatic rings. The number of ether oxygens (including phenoxy) is 2. The first-order chi connectivity index (χ1) is 12.8. The highest BCUT2D eigenvalue weighted by Gasteiger charge is 2.11. The van der Waals surface area contributed by atoms with E-state index in [1.807, 2.05) is 51.1 Å². The van der Waals surface area contributed by atoms with E-state index < -0.39 is 0 Å². The van der Waals surface area contributed by atoms with Crippen LogP contribution in [0.4, 0.5) is 5.69 Å². The molecule has 1 amide bonds. The molecule has 0 saturated carbocycles. The van der Waals surface area contributed by atoms with Gasteiger partial charge in [0.2, 0.25) is 5.91 Å². The topological polar surface area (TPSA) is 47.6 Å². The molecule has 0 aliphatic heterocycles. The van der Waals surface area contributed by atoms with Gasteiger partial charge in [-0.1, -0.05) is 38.1 Å². The van der Waals surface area contributed by atoms with Gasteiger partial charge in [0.15, 0.2) is 11.5 Å². The summed E-state index contributed by atoms with van der Waals surface area (Å²) in [5.74, 6) is 1.51. The Morgan fingerprint density at radius 1 is 1.07 bits per heavy atom. The van der Waals surface area contributed by atoms with Crippen molar-refractivity contribution in [3.63, 3.8) is 0 Å². The second-order valence-corrected chi connectivity index (χ2v) is 7.09. The van der Waals surface area contributed by atoms with Crippen molar-refractivity contribution in [1.29, 1.82) is 0 Å². The van der Waals surface area contributed by atoms with E-state index in [0.717, 1.165) is 22.4 Å². The molecule has 0 bridgehead atoms. The van der Waals surface area contributed by atoms with Crippen LogP contribution in [0.3, 0.4) is 0 Å². The Bertz CT molecular complexity index is 822. The molecule has 0 unspecified atom stereocenters. The van der Waals surface area contributed by atoms with E-state index in [-0.39, 0.29) is 12.0 Å². The van der Waals surface area contributed by atoms with Gasteiger partial charge in [0.1, 0.15) is 0 Å². The van der Waals surface area contributed by atoms with Gasteiger partial charge in [-0.15, -0.1) is 0 Å². The van der Waals surface area contributed by atoms with Crippen molar-refractivity contribution >= 4 is 17.7 Å². The summed E-state index contributed by atoms with van der Waals surface area (Å²) in [4.78, 5) is 12.4. The number of anilines is 1. The Labute approximate surface area is 162 Å². The van der Waals surface area contributed by atoms with Gasteiger partial charge in [-0.2, -0.15) is 0 Å². The van der Waals surface area contributed by atoms with Crippen LogP contribution in [-0.2, 0) is 4.79 Å². The van der Waals surface area contributed by atoms with Crippen LogP contribution < -0.4 is 14.8 Å². The molecule has 1 N–H and O–H groups in total. The van der Waals surface area contributed by atoms with Gasteiger partial charge >= 0.3 is 0 Å². The van der Waals surface area contributed by atoms with Gasteiger partial charge in [0.25, 0.3) is 0 Å². The van der Waals surface area contributed by atoms with E-state index in [9.17, 15) is 4.79 Å². The number of amides is 1. The first kappa shape index (κ1) is 20.6. The molecule has 2 aromatic carbocycles. The Morgan fingerprint density at radius 2 is 1.81 bits per heavy atom. The van der Waals surface area contributed by atoms with Crippen LogP contribution in [0.15, 0.2) is 42.5 Å². The summed E-state index contributed by atoms with van der Waals surface area (Å²) in [6, 6.07) is 11.7. The molecule has 0 radical (unpaired) electrons. The van der Waals surface area contributed by atoms with E-state index >= 15 is 0 Å². The number of hydrogen-bond donors (Lipinski definition) is 1. The third-order valence-corrected chi connectivity index (χ3v) is 4.15. The van der Waals surface area contributed by atoms with Gasteiger partial charge in [0.05, 0.1) is 13.2 Å². The largest absolute Gasteiger partial charge is 0.493 e. The Morgan fingerprint density at radius 3 is 2.44 bits per heavy atom. The number of rotatable bonds is 7. The molecule has 0 fully saturated rings. The summed E-state index contributed by atoms with van der Waals surface area (Å²) in [6.07, 6.45) is 3.37. The lowest BCUT2D eigenvalue weighted by atomic mass is 9.98. The molecule has 2 rings (SSSR count). The van der Waals surface area contributed by atoms with Gasteiger partial charge < -0.3 is 14.8 Å². The quantitative estimate of drug-likeness (QED) is 0.651. The molecule has 4 nitrogen and oxygen atoms in total. The summed E-state index contributed by atoms with van der Waals surface area (Å²) in [7, 11) is 1.61. The average Bonchev–Trinajstić information content (AvgIpc) is 2.61. The zero-order chi connectivity index (χ0) is 20.0. The first-order valence-corrected chi connectivity index (χ1v) is 9.25. The molecular weight excluding hydrogens is 338 g/mol. The third-order valence-electron chi connectivity index (χ3n) is 4.15. The molecule has 27 heavy (non-hydrogen) atoms. The van der Waals surface area contributed by atoms with Crippen molar-refractivity contribution < 1.29 is 14.3 Å². The van der Waals surface area contributed by atoms with Gasteiger partial charge in [-0.25, -0.2) is 0 Å². The maximum Gasteiger partial charge on any atom is 0.248 e. The Balaban J connectivity index is 2.16. The maximum absolute atomic E-state index is 12.4. The Kier molecular flexibility index (Phi) is 7.05. The van der Waals surface area contributed by atoms with Crippen molar-refractivity contribution in [3.05, 3.63) is 59.2 Å². The number of para-hydroxylation sites is 1. The first-order valence-electron chi connectivity index (χ1n) is 9.25. The fourth-order valence-electron chi connectivity index (χ4n) is 2.82. The highest BCUT2D eigenvalue weighted by Crippen LogP contribution is 2.30. The number of carbonyl (C=O) groups is 1. The molecule has 0 atom stereocenters. The van der Waals surface area contributed by atoms with E-state index in [2.05, 4.69) is 25.2 Å². The second kappa shape index (κ2) is 9.26. The zero-order valence-electron chi connectivity index (χ0n) is 17.0. The van der Waals surface area contributed by atoms with E-state index in [1.54, 1.807) is 13.2 Å². The number of benzene rings is 2. The normalized spacial score (nSPS) is 11.3. The Hall–Kier alpha value is -2.75. The fraction of sp³-hybridized carbons (Fsp3) is 0.348. The van der Waals surface area contributed by atoms with Crippen LogP contribution in [0.2, 0.25) is 0 Å². The minimum absolute atomic E-state index is 0.0651. The molecule has 0 aromatic heterocycles. The van der Waals surface area contributed by atoms with E-state index in [1.165, 1.54) is 6.08 Å². The molecule has 0 saturated heterocycles. The maximum atomic E-state index is 12.4. The summed E-state index contributed by atoms with van der Waals surface area (Å²) in [6.45, 7) is 10.2. The number of aryl methyl sites for hydroxylation is 1. The molecule has 4 heteroatoms. The van der Waals surface area contributed by atoms with Crippen LogP contribution in [-0.4, -0.2) is 19.1 Å². The summed E-state index contributed by atoms with van der Waals surface area (Å²) >= 11 is 0. The smallest absolute Gasteiger partial charge is 0.248 e. The standard InChI is InChI=1S/C23H29NO3/c1-15(2)19-9-7-8-17(5)23(19)24-22(25)13-11-18-10-12-20(27-16(3)4)21(14-18)26-6/h7-16H,1-6H3,(H,24,25). The summed E-state index contributed by atoms with van der Waals surface area (Å²) < 4.78 is 11.1. The monoisotopic (exact) mass is 367 g/mol. The number of carbonyl (C=O) groups excluding carboxylic acids is 1. The highest BCUT2D eigenvalue weighted by atomic mass is 16.5. The molecule has 0 spiro atoms. The van der Waals surface area contributed by atoms with Crippen molar-refractivity contribution in [2.45, 2.75) is 46.6 Å². The summed E-state index contributed by atoms with van der Waals surface area (Å²) in [5.41, 5.74) is 3.95. The molecule has 144 valence electrons. The van der Waals surface area contributed by atoms with Crippen LogP contribution in [0.5, 0.6) is 11.5 Å². The minimum Gasteiger partial charge on any atom is -0.493 e. The number of hydrogen-bond acceptors (Lipinski definition) is 3. The van der Waals surface area contributed by atoms with Crippen LogP contribution in [0.25, 0.3) is 6.08 Å². The number of methoxy groups -OCH3 is 1. The average molecular weight is 367 g/mol. The van der Waals surface area contributed by atoms with Gasteiger partial charge in [0, 0.05) is 11.8 Å². The lowest BCUT2D eigenvalue weighted by Gasteiger charge is -2.15. The van der Waals surface area contributed by atoms with Crippen molar-refractivity contribution in [2.75, 3.05) is 12.4 Å². The molecule has 0 aliphatic carbocycles. The third kappa shape index (κ3) is 5.61. The van der Waals surface area contributed by atoms with Crippen LogP contribution >= 0.6 is 0 Å². The highest BCUT2D eigenvalue weighted by molar-refractivity contribution is 6.02. The van der Waals surface area contributed by atoms with Gasteiger partial charge in [-0.3, -0.25) is 4.79 Å². The molecule has 0 heterocycles. The van der Waals surface area contributed by atoms with Crippen molar-refractivity contribution in [2.24, 2.45) is 0 Å². The van der Waals surface area contributed by atoms with E-state index in [0.29, 0.717) is 17.4 Å². The second-order valence-electron chi connectivity index (χ2n) is 7.09.